The van der Waals surface area contributed by atoms with E-state index in [0.29, 0.717) is 11.6 Å². The van der Waals surface area contributed by atoms with Crippen LogP contribution in [0.2, 0.25) is 0 Å². The van der Waals surface area contributed by atoms with Gasteiger partial charge in [-0.2, -0.15) is 0 Å². The van der Waals surface area contributed by atoms with Crippen molar-refractivity contribution >= 4 is 40.2 Å². The summed E-state index contributed by atoms with van der Waals surface area (Å²) in [5.41, 5.74) is 9.53. The molecular formula is C18H19N5O2. The van der Waals surface area contributed by atoms with Crippen LogP contribution in [0.25, 0.3) is 11.0 Å². The molecule has 128 valence electrons. The number of anilines is 3. The summed E-state index contributed by atoms with van der Waals surface area (Å²) in [5.74, 6) is -0.104. The second-order valence-corrected chi connectivity index (χ2v) is 5.82. The molecular weight excluding hydrogens is 318 g/mol. The maximum absolute atomic E-state index is 12.0. The minimum absolute atomic E-state index is 0.0981. The van der Waals surface area contributed by atoms with Crippen LogP contribution in [0, 0.1) is 6.92 Å². The molecule has 7 nitrogen and oxygen atoms in total. The number of hydrogen-bond acceptors (Lipinski definition) is 4. The zero-order valence-electron chi connectivity index (χ0n) is 13.8. The van der Waals surface area contributed by atoms with Gasteiger partial charge in [0.1, 0.15) is 0 Å². The summed E-state index contributed by atoms with van der Waals surface area (Å²) in [7, 11) is 0. The molecule has 0 bridgehead atoms. The van der Waals surface area contributed by atoms with Gasteiger partial charge in [-0.1, -0.05) is 17.7 Å². The summed E-state index contributed by atoms with van der Waals surface area (Å²) < 4.78 is 0. The largest absolute Gasteiger partial charge is 0.369 e. The van der Waals surface area contributed by atoms with Crippen molar-refractivity contribution in [2.24, 2.45) is 0 Å². The number of nitrogens with zero attached hydrogens (tertiary/aromatic N) is 1. The van der Waals surface area contributed by atoms with E-state index in [9.17, 15) is 9.59 Å². The van der Waals surface area contributed by atoms with Crippen molar-refractivity contribution in [3.63, 3.8) is 0 Å². The topological polar surface area (TPSA) is 113 Å². The predicted octanol–water partition coefficient (Wildman–Crippen LogP) is 2.81. The van der Waals surface area contributed by atoms with Crippen molar-refractivity contribution in [1.29, 1.82) is 0 Å². The third kappa shape index (κ3) is 4.35. The van der Waals surface area contributed by atoms with Gasteiger partial charge < -0.3 is 21.4 Å². The molecule has 1 aromatic heterocycles. The number of aromatic nitrogens is 2. The van der Waals surface area contributed by atoms with Crippen molar-refractivity contribution < 1.29 is 9.59 Å². The highest BCUT2D eigenvalue weighted by Crippen LogP contribution is 2.18. The Morgan fingerprint density at radius 2 is 1.60 bits per heavy atom. The van der Waals surface area contributed by atoms with Crippen LogP contribution >= 0.6 is 0 Å². The van der Waals surface area contributed by atoms with Gasteiger partial charge in [0.15, 0.2) is 5.95 Å². The van der Waals surface area contributed by atoms with Gasteiger partial charge in [-0.3, -0.25) is 9.59 Å². The fourth-order valence-electron chi connectivity index (χ4n) is 2.42. The van der Waals surface area contributed by atoms with E-state index in [0.717, 1.165) is 22.3 Å². The number of fused-ring (bicyclic) bond motifs is 1. The van der Waals surface area contributed by atoms with Gasteiger partial charge >= 0.3 is 0 Å². The highest BCUT2D eigenvalue weighted by atomic mass is 16.2. The lowest BCUT2D eigenvalue weighted by Crippen LogP contribution is -2.17. The molecule has 0 unspecified atom stereocenters. The Morgan fingerprint density at radius 1 is 1.00 bits per heavy atom. The van der Waals surface area contributed by atoms with Crippen molar-refractivity contribution in [3.8, 4) is 0 Å². The number of hydrogen-bond donors (Lipinski definition) is 4. The van der Waals surface area contributed by atoms with Crippen LogP contribution in [0.15, 0.2) is 42.5 Å². The second-order valence-electron chi connectivity index (χ2n) is 5.82. The molecule has 5 N–H and O–H groups in total. The number of H-pyrrole nitrogens is 1. The zero-order chi connectivity index (χ0) is 17.8. The molecule has 3 aromatic rings. The Hall–Kier alpha value is -3.35. The number of carbonyl (C=O) groups excluding carboxylic acids is 2. The van der Waals surface area contributed by atoms with Crippen LogP contribution in [0.4, 0.5) is 17.3 Å². The molecule has 0 aliphatic carbocycles. The van der Waals surface area contributed by atoms with Gasteiger partial charge in [-0.15, -0.1) is 0 Å². The van der Waals surface area contributed by atoms with Gasteiger partial charge in [0.2, 0.25) is 11.8 Å². The fraction of sp³-hybridized carbons (Fsp3) is 0.167. The van der Waals surface area contributed by atoms with Crippen LogP contribution in [-0.2, 0) is 9.59 Å². The summed E-state index contributed by atoms with van der Waals surface area (Å²) in [4.78, 5) is 30.9. The van der Waals surface area contributed by atoms with E-state index in [1.54, 1.807) is 18.2 Å². The van der Waals surface area contributed by atoms with E-state index in [1.807, 2.05) is 31.2 Å². The van der Waals surface area contributed by atoms with E-state index in [-0.39, 0.29) is 24.7 Å². The Labute approximate surface area is 144 Å². The first-order valence-electron chi connectivity index (χ1n) is 7.91. The third-order valence-corrected chi connectivity index (χ3v) is 3.70. The van der Waals surface area contributed by atoms with Crippen LogP contribution in [0.3, 0.4) is 0 Å². The Bertz CT molecular complexity index is 915. The number of nitrogen functional groups attached to an aromatic ring is 1. The number of rotatable bonds is 5. The number of benzene rings is 2. The van der Waals surface area contributed by atoms with E-state index >= 15 is 0 Å². The predicted molar refractivity (Wildman–Crippen MR) is 98.2 cm³/mol. The maximum Gasteiger partial charge on any atom is 0.224 e. The monoisotopic (exact) mass is 337 g/mol. The molecule has 0 saturated heterocycles. The Kier molecular flexibility index (Phi) is 4.65. The third-order valence-electron chi connectivity index (χ3n) is 3.70. The Morgan fingerprint density at radius 3 is 2.28 bits per heavy atom. The van der Waals surface area contributed by atoms with E-state index in [2.05, 4.69) is 20.6 Å². The average molecular weight is 337 g/mol. The van der Waals surface area contributed by atoms with E-state index < -0.39 is 0 Å². The number of nitrogens with two attached hydrogens (primary N) is 1. The lowest BCUT2D eigenvalue weighted by Gasteiger charge is -2.07. The summed E-state index contributed by atoms with van der Waals surface area (Å²) in [6.07, 6.45) is 0.208. The minimum Gasteiger partial charge on any atom is -0.369 e. The molecule has 0 radical (unpaired) electrons. The first kappa shape index (κ1) is 16.5. The molecule has 0 spiro atoms. The molecule has 7 heteroatoms. The Balaban J connectivity index is 1.51. The molecule has 1 heterocycles. The molecule has 0 aliphatic heterocycles. The van der Waals surface area contributed by atoms with Crippen molar-refractivity contribution in [3.05, 3.63) is 48.0 Å². The highest BCUT2D eigenvalue weighted by Gasteiger charge is 2.09. The van der Waals surface area contributed by atoms with Gasteiger partial charge in [-0.25, -0.2) is 4.98 Å². The first-order chi connectivity index (χ1) is 12.0. The second kappa shape index (κ2) is 7.04. The first-order valence-corrected chi connectivity index (χ1v) is 7.91. The molecule has 0 atom stereocenters. The molecule has 0 fully saturated rings. The standard InChI is InChI=1S/C18H19N5O2/c1-11-2-4-12(5-3-11)20-16(24)8-9-17(25)21-13-6-7-14-15(10-13)23-18(19)22-14/h2-7,10H,8-9H2,1H3,(H,20,24)(H,21,25)(H3,19,22,23). The van der Waals surface area contributed by atoms with Crippen LogP contribution in [0.1, 0.15) is 18.4 Å². The average Bonchev–Trinajstić information content (AvgIpc) is 2.94. The number of aryl methyl sites for hydroxylation is 1. The van der Waals surface area contributed by atoms with Gasteiger partial charge in [0, 0.05) is 24.2 Å². The van der Waals surface area contributed by atoms with E-state index in [1.165, 1.54) is 0 Å². The molecule has 0 saturated carbocycles. The van der Waals surface area contributed by atoms with Gasteiger partial charge in [0.25, 0.3) is 0 Å². The van der Waals surface area contributed by atoms with Crippen molar-refractivity contribution in [1.82, 2.24) is 9.97 Å². The summed E-state index contributed by atoms with van der Waals surface area (Å²) in [6, 6.07) is 12.8. The molecule has 0 aliphatic rings. The normalized spacial score (nSPS) is 10.6. The summed E-state index contributed by atoms with van der Waals surface area (Å²) in [5, 5.41) is 5.53. The van der Waals surface area contributed by atoms with Crippen LogP contribution in [-0.4, -0.2) is 21.8 Å². The van der Waals surface area contributed by atoms with Crippen molar-refractivity contribution in [2.75, 3.05) is 16.4 Å². The van der Waals surface area contributed by atoms with Crippen molar-refractivity contribution in [2.45, 2.75) is 19.8 Å². The number of amides is 2. The van der Waals surface area contributed by atoms with Crippen LogP contribution in [0.5, 0.6) is 0 Å². The molecule has 2 aromatic carbocycles. The quantitative estimate of drug-likeness (QED) is 0.573. The zero-order valence-corrected chi connectivity index (χ0v) is 13.8. The number of nitrogens with one attached hydrogen (secondary N) is 3. The molecule has 2 amide bonds. The summed E-state index contributed by atoms with van der Waals surface area (Å²) >= 11 is 0. The highest BCUT2D eigenvalue weighted by molar-refractivity contribution is 5.97. The van der Waals surface area contributed by atoms with Crippen LogP contribution < -0.4 is 16.4 Å². The number of aromatic amines is 1. The lowest BCUT2D eigenvalue weighted by atomic mass is 10.2. The van der Waals surface area contributed by atoms with Gasteiger partial charge in [0.05, 0.1) is 11.0 Å². The van der Waals surface area contributed by atoms with E-state index in [4.69, 9.17) is 5.73 Å². The summed E-state index contributed by atoms with van der Waals surface area (Å²) in [6.45, 7) is 1.98. The van der Waals surface area contributed by atoms with Gasteiger partial charge in [-0.05, 0) is 37.3 Å². The number of imidazole rings is 1. The molecule has 3 rings (SSSR count). The maximum atomic E-state index is 12.0. The lowest BCUT2D eigenvalue weighted by molar-refractivity contribution is -0.121. The SMILES string of the molecule is Cc1ccc(NC(=O)CCC(=O)Nc2ccc3nc(N)[nH]c3c2)cc1. The molecule has 25 heavy (non-hydrogen) atoms. The minimum atomic E-state index is -0.231. The number of carbonyl (C=O) groups is 2. The fourth-order valence-corrected chi connectivity index (χ4v) is 2.42. The smallest absolute Gasteiger partial charge is 0.224 e.